The molecule has 3 nitrogen and oxygen atoms in total. The molecule has 0 aliphatic carbocycles. The van der Waals surface area contributed by atoms with Crippen molar-refractivity contribution in [3.63, 3.8) is 0 Å². The van der Waals surface area contributed by atoms with Gasteiger partial charge in [-0.1, -0.05) is 18.2 Å². The van der Waals surface area contributed by atoms with Crippen LogP contribution in [0.4, 0.5) is 24.5 Å². The van der Waals surface area contributed by atoms with Gasteiger partial charge in [0, 0.05) is 11.9 Å². The molecule has 3 rings (SSSR count). The molecular weight excluding hydrogens is 293 g/mol. The molecule has 1 N–H and O–H groups in total. The fourth-order valence-electron chi connectivity index (χ4n) is 2.28. The molecule has 0 spiro atoms. The second kappa shape index (κ2) is 5.29. The standard InChI is InChI=1S/C16H11F3N2O/c17-16(18,19)10-5-7-11(8-6-10)20-9-13-12-3-1-2-4-14(12)21-15(13)22/h1-9,13H,(H,21,22). The lowest BCUT2D eigenvalue weighted by molar-refractivity contribution is -0.137. The molecule has 1 heterocycles. The van der Waals surface area contributed by atoms with E-state index < -0.39 is 17.7 Å². The van der Waals surface area contributed by atoms with Gasteiger partial charge in [0.1, 0.15) is 5.92 Å². The lowest BCUT2D eigenvalue weighted by Gasteiger charge is -2.06. The van der Waals surface area contributed by atoms with Crippen molar-refractivity contribution in [2.75, 3.05) is 5.32 Å². The number of alkyl halides is 3. The van der Waals surface area contributed by atoms with E-state index in [1.54, 1.807) is 6.07 Å². The minimum Gasteiger partial charge on any atom is -0.325 e. The number of benzene rings is 2. The highest BCUT2D eigenvalue weighted by molar-refractivity contribution is 6.12. The van der Waals surface area contributed by atoms with Crippen molar-refractivity contribution in [2.24, 2.45) is 4.99 Å². The van der Waals surface area contributed by atoms with E-state index in [0.717, 1.165) is 23.4 Å². The zero-order valence-electron chi connectivity index (χ0n) is 11.3. The molecular formula is C16H11F3N2O. The SMILES string of the molecule is O=C1Nc2ccccc2C1C=Nc1ccc(C(F)(F)F)cc1. The van der Waals surface area contributed by atoms with Gasteiger partial charge in [-0.2, -0.15) is 13.2 Å². The van der Waals surface area contributed by atoms with Crippen LogP contribution >= 0.6 is 0 Å². The average molecular weight is 304 g/mol. The molecule has 0 saturated heterocycles. The Morgan fingerprint density at radius 2 is 1.73 bits per heavy atom. The fraction of sp³-hybridized carbons (Fsp3) is 0.125. The largest absolute Gasteiger partial charge is 0.416 e. The van der Waals surface area contributed by atoms with Gasteiger partial charge in [0.2, 0.25) is 5.91 Å². The number of rotatable bonds is 2. The molecule has 1 atom stereocenters. The number of nitrogens with zero attached hydrogens (tertiary/aromatic N) is 1. The van der Waals surface area contributed by atoms with Gasteiger partial charge in [-0.05, 0) is 35.9 Å². The molecule has 112 valence electrons. The van der Waals surface area contributed by atoms with Crippen LogP contribution in [0.1, 0.15) is 17.0 Å². The first kappa shape index (κ1) is 14.3. The van der Waals surface area contributed by atoms with Crippen LogP contribution in [0, 0.1) is 0 Å². The zero-order chi connectivity index (χ0) is 15.7. The predicted molar refractivity (Wildman–Crippen MR) is 77.4 cm³/mol. The van der Waals surface area contributed by atoms with Crippen LogP contribution in [0.2, 0.25) is 0 Å². The number of nitrogens with one attached hydrogen (secondary N) is 1. The van der Waals surface area contributed by atoms with E-state index in [9.17, 15) is 18.0 Å². The normalized spacial score (nSPS) is 17.6. The monoisotopic (exact) mass is 304 g/mol. The number of carbonyl (C=O) groups is 1. The van der Waals surface area contributed by atoms with Gasteiger partial charge in [-0.25, -0.2) is 0 Å². The topological polar surface area (TPSA) is 41.5 Å². The highest BCUT2D eigenvalue weighted by Crippen LogP contribution is 2.32. The predicted octanol–water partition coefficient (Wildman–Crippen LogP) is 4.14. The summed E-state index contributed by atoms with van der Waals surface area (Å²) >= 11 is 0. The summed E-state index contributed by atoms with van der Waals surface area (Å²) in [6, 6.07) is 11.7. The number of para-hydroxylation sites is 1. The molecule has 22 heavy (non-hydrogen) atoms. The summed E-state index contributed by atoms with van der Waals surface area (Å²) < 4.78 is 37.4. The maximum atomic E-state index is 12.5. The van der Waals surface area contributed by atoms with Crippen molar-refractivity contribution in [3.8, 4) is 0 Å². The Balaban J connectivity index is 1.81. The van der Waals surface area contributed by atoms with Crippen LogP contribution in [0.25, 0.3) is 0 Å². The van der Waals surface area contributed by atoms with Crippen LogP contribution in [-0.4, -0.2) is 12.1 Å². The Morgan fingerprint density at radius 3 is 2.41 bits per heavy atom. The van der Waals surface area contributed by atoms with Crippen LogP contribution < -0.4 is 5.32 Å². The third-order valence-electron chi connectivity index (χ3n) is 3.40. The number of halogens is 3. The van der Waals surface area contributed by atoms with E-state index >= 15 is 0 Å². The van der Waals surface area contributed by atoms with E-state index in [4.69, 9.17) is 0 Å². The number of amides is 1. The van der Waals surface area contributed by atoms with E-state index in [-0.39, 0.29) is 5.91 Å². The van der Waals surface area contributed by atoms with Crippen LogP contribution in [0.5, 0.6) is 0 Å². The van der Waals surface area contributed by atoms with E-state index in [1.165, 1.54) is 18.3 Å². The van der Waals surface area contributed by atoms with Gasteiger partial charge in [-0.3, -0.25) is 9.79 Å². The van der Waals surface area contributed by atoms with Crippen molar-refractivity contribution < 1.29 is 18.0 Å². The summed E-state index contributed by atoms with van der Waals surface area (Å²) in [7, 11) is 0. The molecule has 6 heteroatoms. The summed E-state index contributed by atoms with van der Waals surface area (Å²) in [4.78, 5) is 16.0. The van der Waals surface area contributed by atoms with Crippen molar-refractivity contribution in [2.45, 2.75) is 12.1 Å². The molecule has 0 bridgehead atoms. The first-order valence-electron chi connectivity index (χ1n) is 6.56. The van der Waals surface area contributed by atoms with Gasteiger partial charge in [0.25, 0.3) is 0 Å². The zero-order valence-corrected chi connectivity index (χ0v) is 11.3. The molecule has 2 aromatic carbocycles. The van der Waals surface area contributed by atoms with E-state index in [2.05, 4.69) is 10.3 Å². The summed E-state index contributed by atoms with van der Waals surface area (Å²) in [5.41, 5.74) is 1.18. The Hall–Kier alpha value is -2.63. The molecule has 2 aromatic rings. The molecule has 1 unspecified atom stereocenters. The van der Waals surface area contributed by atoms with Gasteiger partial charge in [0.05, 0.1) is 11.3 Å². The second-order valence-electron chi connectivity index (χ2n) is 4.88. The smallest absolute Gasteiger partial charge is 0.325 e. The Bertz CT molecular complexity index is 736. The van der Waals surface area contributed by atoms with Gasteiger partial charge >= 0.3 is 6.18 Å². The quantitative estimate of drug-likeness (QED) is 0.832. The highest BCUT2D eigenvalue weighted by Gasteiger charge is 2.30. The Kier molecular flexibility index (Phi) is 3.44. The highest BCUT2D eigenvalue weighted by atomic mass is 19.4. The molecule has 0 saturated carbocycles. The first-order chi connectivity index (χ1) is 10.4. The van der Waals surface area contributed by atoms with Crippen molar-refractivity contribution >= 4 is 23.5 Å². The number of hydrogen-bond acceptors (Lipinski definition) is 2. The molecule has 0 fully saturated rings. The maximum absolute atomic E-state index is 12.5. The third-order valence-corrected chi connectivity index (χ3v) is 3.40. The van der Waals surface area contributed by atoms with Gasteiger partial charge < -0.3 is 5.32 Å². The van der Waals surface area contributed by atoms with Crippen LogP contribution in [-0.2, 0) is 11.0 Å². The van der Waals surface area contributed by atoms with Crippen molar-refractivity contribution in [1.29, 1.82) is 0 Å². The molecule has 0 radical (unpaired) electrons. The summed E-state index contributed by atoms with van der Waals surface area (Å²) in [6.45, 7) is 0. The lowest BCUT2D eigenvalue weighted by Crippen LogP contribution is -2.12. The maximum Gasteiger partial charge on any atom is 0.416 e. The Labute approximate surface area is 124 Å². The fourth-order valence-corrected chi connectivity index (χ4v) is 2.28. The van der Waals surface area contributed by atoms with E-state index in [0.29, 0.717) is 5.69 Å². The molecule has 1 amide bonds. The molecule has 0 aromatic heterocycles. The van der Waals surface area contributed by atoms with E-state index in [1.807, 2.05) is 18.2 Å². The van der Waals surface area contributed by atoms with Crippen molar-refractivity contribution in [3.05, 3.63) is 59.7 Å². The second-order valence-corrected chi connectivity index (χ2v) is 4.88. The summed E-state index contributed by atoms with van der Waals surface area (Å²) in [5, 5.41) is 2.73. The third kappa shape index (κ3) is 2.72. The number of carbonyl (C=O) groups excluding carboxylic acids is 1. The van der Waals surface area contributed by atoms with Crippen LogP contribution in [0.15, 0.2) is 53.5 Å². The van der Waals surface area contributed by atoms with Gasteiger partial charge in [-0.15, -0.1) is 0 Å². The molecule has 1 aliphatic rings. The molecule has 1 aliphatic heterocycles. The first-order valence-corrected chi connectivity index (χ1v) is 6.56. The number of hydrogen-bond donors (Lipinski definition) is 1. The number of anilines is 1. The number of fused-ring (bicyclic) bond motifs is 1. The summed E-state index contributed by atoms with van der Waals surface area (Å²) in [5.74, 6) is -0.727. The van der Waals surface area contributed by atoms with Crippen LogP contribution in [0.3, 0.4) is 0 Å². The lowest BCUT2D eigenvalue weighted by atomic mass is 10.0. The number of aliphatic imine (C=N–C) groups is 1. The minimum absolute atomic E-state index is 0.197. The minimum atomic E-state index is -4.37. The average Bonchev–Trinajstić information content (AvgIpc) is 2.80. The summed E-state index contributed by atoms with van der Waals surface area (Å²) in [6.07, 6.45) is -2.92. The Morgan fingerprint density at radius 1 is 1.05 bits per heavy atom. The van der Waals surface area contributed by atoms with Crippen molar-refractivity contribution in [1.82, 2.24) is 0 Å². The van der Waals surface area contributed by atoms with Gasteiger partial charge in [0.15, 0.2) is 0 Å².